The fourth-order valence-electron chi connectivity index (χ4n) is 6.59. The van der Waals surface area contributed by atoms with E-state index in [1.807, 2.05) is 0 Å². The van der Waals surface area contributed by atoms with Crippen LogP contribution in [0.3, 0.4) is 0 Å². The summed E-state index contributed by atoms with van der Waals surface area (Å²) in [5.41, 5.74) is 0.0464. The molecule has 116 valence electrons. The van der Waals surface area contributed by atoms with Gasteiger partial charge in [0, 0.05) is 5.41 Å². The Hall–Kier alpha value is -0.660. The molecule has 0 heterocycles. The van der Waals surface area contributed by atoms with Gasteiger partial charge in [-0.25, -0.2) is 4.39 Å². The van der Waals surface area contributed by atoms with Crippen molar-refractivity contribution in [1.82, 2.24) is 0 Å². The van der Waals surface area contributed by atoms with Crippen LogP contribution in [0.15, 0.2) is 12.2 Å². The molecule has 0 spiro atoms. The minimum atomic E-state index is -1.18. The maximum atomic E-state index is 14.1. The van der Waals surface area contributed by atoms with E-state index in [0.717, 1.165) is 18.8 Å². The van der Waals surface area contributed by atoms with Crippen molar-refractivity contribution in [3.05, 3.63) is 12.2 Å². The summed E-state index contributed by atoms with van der Waals surface area (Å²) in [7, 11) is 0. The number of fused-ring (bicyclic) bond motifs is 5. The highest BCUT2D eigenvalue weighted by molar-refractivity contribution is 5.91. The number of carbonyl (C=O) groups is 1. The van der Waals surface area contributed by atoms with Crippen LogP contribution < -0.4 is 0 Å². The van der Waals surface area contributed by atoms with Crippen molar-refractivity contribution < 1.29 is 9.18 Å². The molecule has 0 aromatic rings. The van der Waals surface area contributed by atoms with Crippen LogP contribution in [0.2, 0.25) is 0 Å². The Morgan fingerprint density at radius 3 is 2.76 bits per heavy atom. The second-order valence-electron chi connectivity index (χ2n) is 8.59. The molecule has 0 radical (unpaired) electrons. The Kier molecular flexibility index (Phi) is 2.94. The molecule has 1 nitrogen and oxygen atoms in total. The van der Waals surface area contributed by atoms with Crippen molar-refractivity contribution in [3.63, 3.8) is 0 Å². The van der Waals surface area contributed by atoms with E-state index in [2.05, 4.69) is 26.0 Å². The van der Waals surface area contributed by atoms with E-state index in [1.165, 1.54) is 25.7 Å². The van der Waals surface area contributed by atoms with E-state index in [0.29, 0.717) is 29.6 Å². The smallest absolute Gasteiger partial charge is 0.173 e. The van der Waals surface area contributed by atoms with E-state index in [9.17, 15) is 9.18 Å². The Morgan fingerprint density at radius 2 is 1.95 bits per heavy atom. The van der Waals surface area contributed by atoms with Crippen LogP contribution in [-0.2, 0) is 4.79 Å². The lowest BCUT2D eigenvalue weighted by Crippen LogP contribution is -2.52. The third-order valence-corrected chi connectivity index (χ3v) is 7.91. The van der Waals surface area contributed by atoms with Gasteiger partial charge in [0.25, 0.3) is 0 Å². The van der Waals surface area contributed by atoms with Gasteiger partial charge in [-0.05, 0) is 74.0 Å². The average Bonchev–Trinajstić information content (AvgIpc) is 2.70. The van der Waals surface area contributed by atoms with Gasteiger partial charge in [0.1, 0.15) is 0 Å². The highest BCUT2D eigenvalue weighted by atomic mass is 19.1. The molecule has 21 heavy (non-hydrogen) atoms. The zero-order valence-electron chi connectivity index (χ0n) is 13.3. The van der Waals surface area contributed by atoms with E-state index < -0.39 is 6.17 Å². The molecule has 0 aromatic carbocycles. The predicted octanol–water partition coefficient (Wildman–Crippen LogP) is 4.71. The number of allylic oxidation sites excluding steroid dienone is 2. The molecular weight excluding hydrogens is 263 g/mol. The van der Waals surface area contributed by atoms with Crippen LogP contribution in [0, 0.1) is 34.5 Å². The molecular formula is C19H27FO. The normalized spacial score (nSPS) is 55.8. The van der Waals surface area contributed by atoms with Gasteiger partial charge in [0.05, 0.1) is 0 Å². The van der Waals surface area contributed by atoms with E-state index in [-0.39, 0.29) is 11.2 Å². The average molecular weight is 290 g/mol. The summed E-state index contributed by atoms with van der Waals surface area (Å²) in [6.45, 7) is 4.54. The molecule has 0 bridgehead atoms. The van der Waals surface area contributed by atoms with Crippen LogP contribution in [-0.4, -0.2) is 12.0 Å². The fraction of sp³-hybridized carbons (Fsp3) is 0.842. The Morgan fingerprint density at radius 1 is 1.14 bits per heavy atom. The monoisotopic (exact) mass is 290 g/mol. The molecule has 0 saturated heterocycles. The highest BCUT2D eigenvalue weighted by Gasteiger charge is 2.61. The number of rotatable bonds is 0. The van der Waals surface area contributed by atoms with Gasteiger partial charge >= 0.3 is 0 Å². The molecule has 0 aromatic heterocycles. The summed E-state index contributed by atoms with van der Waals surface area (Å²) in [4.78, 5) is 12.3. The van der Waals surface area contributed by atoms with Crippen molar-refractivity contribution in [2.45, 2.75) is 65.0 Å². The summed E-state index contributed by atoms with van der Waals surface area (Å²) in [5.74, 6) is 2.33. The third-order valence-electron chi connectivity index (χ3n) is 7.91. The number of hydrogen-bond acceptors (Lipinski definition) is 1. The largest absolute Gasteiger partial charge is 0.296 e. The molecule has 7 atom stereocenters. The van der Waals surface area contributed by atoms with Crippen LogP contribution in [0.4, 0.5) is 4.39 Å². The van der Waals surface area contributed by atoms with E-state index in [4.69, 9.17) is 0 Å². The Bertz CT molecular complexity index is 498. The number of halogens is 1. The van der Waals surface area contributed by atoms with Gasteiger partial charge in [-0.15, -0.1) is 0 Å². The maximum Gasteiger partial charge on any atom is 0.173 e. The van der Waals surface area contributed by atoms with Gasteiger partial charge in [-0.3, -0.25) is 4.79 Å². The predicted molar refractivity (Wildman–Crippen MR) is 81.5 cm³/mol. The first-order chi connectivity index (χ1) is 9.97. The maximum absolute atomic E-state index is 14.1. The van der Waals surface area contributed by atoms with Gasteiger partial charge in [0.2, 0.25) is 0 Å². The Labute approximate surface area is 127 Å². The first-order valence-corrected chi connectivity index (χ1v) is 8.80. The quantitative estimate of drug-likeness (QED) is 0.590. The molecule has 3 saturated carbocycles. The molecule has 0 aliphatic heterocycles. The number of carbonyl (C=O) groups excluding carboxylic acids is 1. The summed E-state index contributed by atoms with van der Waals surface area (Å²) in [6.07, 6.45) is 11.0. The molecule has 2 heteroatoms. The van der Waals surface area contributed by atoms with Gasteiger partial charge < -0.3 is 0 Å². The highest BCUT2D eigenvalue weighted by Crippen LogP contribution is 2.65. The van der Waals surface area contributed by atoms with Gasteiger partial charge in [-0.1, -0.05) is 26.0 Å². The topological polar surface area (TPSA) is 17.1 Å². The molecule has 4 rings (SSSR count). The second-order valence-corrected chi connectivity index (χ2v) is 8.59. The van der Waals surface area contributed by atoms with Crippen LogP contribution in [0.1, 0.15) is 58.8 Å². The summed E-state index contributed by atoms with van der Waals surface area (Å²) < 4.78 is 14.1. The van der Waals surface area contributed by atoms with E-state index in [1.54, 1.807) is 0 Å². The number of ketones is 1. The molecule has 0 amide bonds. The first-order valence-electron chi connectivity index (χ1n) is 8.80. The lowest BCUT2D eigenvalue weighted by molar-refractivity contribution is -0.138. The SMILES string of the molecule is C[C@]12CC=CC[C@@H]1CC[C@@H]1[C@@H]2CC[C@]2(C)C(=O)[C@@H](F)C[C@@H]12. The Balaban J connectivity index is 1.68. The second kappa shape index (κ2) is 4.43. The van der Waals surface area contributed by atoms with Crippen LogP contribution >= 0.6 is 0 Å². The number of Topliss-reactive ketones (excluding diaryl/α,β-unsaturated/α-hetero) is 1. The minimum Gasteiger partial charge on any atom is -0.296 e. The lowest BCUT2D eigenvalue weighted by Gasteiger charge is -2.58. The number of alkyl halides is 1. The van der Waals surface area contributed by atoms with Crippen molar-refractivity contribution in [1.29, 1.82) is 0 Å². The summed E-state index contributed by atoms with van der Waals surface area (Å²) >= 11 is 0. The summed E-state index contributed by atoms with van der Waals surface area (Å²) in [5, 5.41) is 0. The molecule has 0 N–H and O–H groups in total. The zero-order valence-corrected chi connectivity index (χ0v) is 13.3. The van der Waals surface area contributed by atoms with Gasteiger partial charge in [0.15, 0.2) is 12.0 Å². The van der Waals surface area contributed by atoms with Crippen molar-refractivity contribution >= 4 is 5.78 Å². The molecule has 0 unspecified atom stereocenters. The first kappa shape index (κ1) is 14.0. The van der Waals surface area contributed by atoms with Crippen LogP contribution in [0.25, 0.3) is 0 Å². The summed E-state index contributed by atoms with van der Waals surface area (Å²) in [6, 6.07) is 0. The van der Waals surface area contributed by atoms with Crippen LogP contribution in [0.5, 0.6) is 0 Å². The molecule has 4 aliphatic rings. The minimum absolute atomic E-state index is 0.0817. The van der Waals surface area contributed by atoms with Crippen molar-refractivity contribution in [2.24, 2.45) is 34.5 Å². The zero-order chi connectivity index (χ0) is 14.8. The van der Waals surface area contributed by atoms with Crippen molar-refractivity contribution in [3.8, 4) is 0 Å². The lowest BCUT2D eigenvalue weighted by atomic mass is 9.46. The van der Waals surface area contributed by atoms with E-state index >= 15 is 0 Å². The van der Waals surface area contributed by atoms with Gasteiger partial charge in [-0.2, -0.15) is 0 Å². The molecule has 3 fully saturated rings. The van der Waals surface area contributed by atoms with Crippen molar-refractivity contribution in [2.75, 3.05) is 0 Å². The fourth-order valence-corrected chi connectivity index (χ4v) is 6.59. The third kappa shape index (κ3) is 1.71. The standard InChI is InChI=1S/C19H27FO/c1-18-9-4-3-5-12(18)6-7-13-14(18)8-10-19(2)15(13)11-16(20)17(19)21/h3-4,12-16H,5-11H2,1-2H3/t12-,13-,14+,15+,16+,18+,19+/m1/s1. The number of hydrogen-bond donors (Lipinski definition) is 0. The molecule has 4 aliphatic carbocycles.